The van der Waals surface area contributed by atoms with Crippen molar-refractivity contribution in [2.75, 3.05) is 39.5 Å². The van der Waals surface area contributed by atoms with Gasteiger partial charge < -0.3 is 19.1 Å². The molecule has 3 rings (SSSR count). The Balaban J connectivity index is 1.43. The van der Waals surface area contributed by atoms with E-state index in [-0.39, 0.29) is 6.10 Å². The maximum absolute atomic E-state index is 6.14. The summed E-state index contributed by atoms with van der Waals surface area (Å²) in [4.78, 5) is 2.47. The predicted molar refractivity (Wildman–Crippen MR) is 81.8 cm³/mol. The van der Waals surface area contributed by atoms with Crippen LogP contribution in [0.25, 0.3) is 0 Å². The van der Waals surface area contributed by atoms with E-state index in [1.54, 1.807) is 0 Å². The minimum atomic E-state index is 0.243. The van der Waals surface area contributed by atoms with E-state index in [1.807, 2.05) is 6.07 Å². The standard InChI is InChI=1S/C17H25NO3/c1-14-4-2-3-5-17(14)21-15-6-8-18(9-7-15)12-16-13-19-10-11-20-16/h2-5,15-16H,6-13H2,1H3. The Morgan fingerprint density at radius 2 is 2.00 bits per heavy atom. The van der Waals surface area contributed by atoms with Gasteiger partial charge in [-0.15, -0.1) is 0 Å². The summed E-state index contributed by atoms with van der Waals surface area (Å²) in [5.74, 6) is 1.03. The molecule has 0 bridgehead atoms. The minimum absolute atomic E-state index is 0.243. The third-order valence-corrected chi connectivity index (χ3v) is 4.27. The highest BCUT2D eigenvalue weighted by Gasteiger charge is 2.24. The van der Waals surface area contributed by atoms with Crippen LogP contribution in [0.15, 0.2) is 24.3 Å². The number of para-hydroxylation sites is 1. The van der Waals surface area contributed by atoms with Crippen molar-refractivity contribution in [2.24, 2.45) is 0 Å². The molecule has 0 saturated carbocycles. The van der Waals surface area contributed by atoms with Gasteiger partial charge in [-0.25, -0.2) is 0 Å². The van der Waals surface area contributed by atoms with E-state index < -0.39 is 0 Å². The van der Waals surface area contributed by atoms with E-state index in [0.29, 0.717) is 6.10 Å². The van der Waals surface area contributed by atoms with Gasteiger partial charge in [0.1, 0.15) is 11.9 Å². The van der Waals surface area contributed by atoms with Gasteiger partial charge in [0.05, 0.1) is 25.9 Å². The van der Waals surface area contributed by atoms with Crippen molar-refractivity contribution in [3.8, 4) is 5.75 Å². The van der Waals surface area contributed by atoms with E-state index in [2.05, 4.69) is 30.0 Å². The first kappa shape index (κ1) is 14.8. The highest BCUT2D eigenvalue weighted by Crippen LogP contribution is 2.22. The summed E-state index contributed by atoms with van der Waals surface area (Å²) in [5.41, 5.74) is 1.22. The Labute approximate surface area is 127 Å². The SMILES string of the molecule is Cc1ccccc1OC1CCN(CC2COCCO2)CC1. The van der Waals surface area contributed by atoms with Gasteiger partial charge in [-0.2, -0.15) is 0 Å². The molecular weight excluding hydrogens is 266 g/mol. The van der Waals surface area contributed by atoms with Crippen molar-refractivity contribution >= 4 is 0 Å². The Morgan fingerprint density at radius 1 is 1.19 bits per heavy atom. The fourth-order valence-corrected chi connectivity index (χ4v) is 3.01. The molecule has 1 unspecified atom stereocenters. The minimum Gasteiger partial charge on any atom is -0.490 e. The zero-order chi connectivity index (χ0) is 14.5. The van der Waals surface area contributed by atoms with Crippen LogP contribution in [0.4, 0.5) is 0 Å². The van der Waals surface area contributed by atoms with E-state index in [1.165, 1.54) is 5.56 Å². The van der Waals surface area contributed by atoms with Crippen LogP contribution in [0.3, 0.4) is 0 Å². The fraction of sp³-hybridized carbons (Fsp3) is 0.647. The molecule has 116 valence electrons. The number of hydrogen-bond acceptors (Lipinski definition) is 4. The number of rotatable bonds is 4. The van der Waals surface area contributed by atoms with Crippen LogP contribution < -0.4 is 4.74 Å². The number of nitrogens with zero attached hydrogens (tertiary/aromatic N) is 1. The van der Waals surface area contributed by atoms with Crippen molar-refractivity contribution in [1.29, 1.82) is 0 Å². The average molecular weight is 291 g/mol. The summed E-state index contributed by atoms with van der Waals surface area (Å²) in [6, 6.07) is 8.26. The molecule has 0 aliphatic carbocycles. The van der Waals surface area contributed by atoms with Gasteiger partial charge in [0.15, 0.2) is 0 Å². The number of piperidine rings is 1. The fourth-order valence-electron chi connectivity index (χ4n) is 3.01. The molecular formula is C17H25NO3. The number of benzene rings is 1. The summed E-state index contributed by atoms with van der Waals surface area (Å²) < 4.78 is 17.3. The molecule has 4 nitrogen and oxygen atoms in total. The van der Waals surface area contributed by atoms with Crippen molar-refractivity contribution < 1.29 is 14.2 Å². The Morgan fingerprint density at radius 3 is 2.71 bits per heavy atom. The molecule has 2 aliphatic heterocycles. The van der Waals surface area contributed by atoms with Gasteiger partial charge in [0, 0.05) is 19.6 Å². The second kappa shape index (κ2) is 7.25. The lowest BCUT2D eigenvalue weighted by Crippen LogP contribution is -2.45. The molecule has 21 heavy (non-hydrogen) atoms. The molecule has 0 amide bonds. The lowest BCUT2D eigenvalue weighted by molar-refractivity contribution is -0.100. The lowest BCUT2D eigenvalue weighted by atomic mass is 10.1. The molecule has 4 heteroatoms. The molecule has 2 aliphatic rings. The van der Waals surface area contributed by atoms with Crippen LogP contribution in [-0.2, 0) is 9.47 Å². The zero-order valence-corrected chi connectivity index (χ0v) is 12.8. The summed E-state index contributed by atoms with van der Waals surface area (Å²) >= 11 is 0. The Bertz CT molecular complexity index is 437. The van der Waals surface area contributed by atoms with Crippen molar-refractivity contribution in [3.05, 3.63) is 29.8 Å². The highest BCUT2D eigenvalue weighted by atomic mass is 16.6. The summed E-state index contributed by atoms with van der Waals surface area (Å²) in [7, 11) is 0. The molecule has 0 radical (unpaired) electrons. The van der Waals surface area contributed by atoms with Crippen LogP contribution in [0.1, 0.15) is 18.4 Å². The van der Waals surface area contributed by atoms with Gasteiger partial charge in [-0.3, -0.25) is 0 Å². The first-order chi connectivity index (χ1) is 10.3. The lowest BCUT2D eigenvalue weighted by Gasteiger charge is -2.35. The van der Waals surface area contributed by atoms with Gasteiger partial charge >= 0.3 is 0 Å². The zero-order valence-electron chi connectivity index (χ0n) is 12.8. The quantitative estimate of drug-likeness (QED) is 0.851. The van der Waals surface area contributed by atoms with Crippen LogP contribution in [-0.4, -0.2) is 56.6 Å². The second-order valence-corrected chi connectivity index (χ2v) is 5.95. The third-order valence-electron chi connectivity index (χ3n) is 4.27. The average Bonchev–Trinajstić information content (AvgIpc) is 2.52. The summed E-state index contributed by atoms with van der Waals surface area (Å²) in [6.45, 7) is 7.45. The second-order valence-electron chi connectivity index (χ2n) is 5.95. The number of aryl methyl sites for hydroxylation is 1. The van der Waals surface area contributed by atoms with E-state index in [4.69, 9.17) is 14.2 Å². The maximum Gasteiger partial charge on any atom is 0.122 e. The molecule has 1 aromatic rings. The van der Waals surface area contributed by atoms with Gasteiger partial charge in [0.25, 0.3) is 0 Å². The number of likely N-dealkylation sites (tertiary alicyclic amines) is 1. The molecule has 1 atom stereocenters. The smallest absolute Gasteiger partial charge is 0.122 e. The van der Waals surface area contributed by atoms with E-state index in [9.17, 15) is 0 Å². The topological polar surface area (TPSA) is 30.9 Å². The third kappa shape index (κ3) is 4.19. The first-order valence-electron chi connectivity index (χ1n) is 7.95. The van der Waals surface area contributed by atoms with Gasteiger partial charge in [0.2, 0.25) is 0 Å². The highest BCUT2D eigenvalue weighted by molar-refractivity contribution is 5.31. The molecule has 0 N–H and O–H groups in total. The number of ether oxygens (including phenoxy) is 3. The van der Waals surface area contributed by atoms with Gasteiger partial charge in [-0.05, 0) is 31.4 Å². The van der Waals surface area contributed by atoms with E-state index in [0.717, 1.165) is 58.0 Å². The summed E-state index contributed by atoms with van der Waals surface area (Å²) in [5, 5.41) is 0. The van der Waals surface area contributed by atoms with Crippen LogP contribution in [0.2, 0.25) is 0 Å². The molecule has 2 heterocycles. The Kier molecular flexibility index (Phi) is 5.12. The van der Waals surface area contributed by atoms with Crippen molar-refractivity contribution in [3.63, 3.8) is 0 Å². The summed E-state index contributed by atoms with van der Waals surface area (Å²) in [6.07, 6.45) is 2.75. The largest absolute Gasteiger partial charge is 0.490 e. The van der Waals surface area contributed by atoms with Crippen molar-refractivity contribution in [2.45, 2.75) is 32.0 Å². The van der Waals surface area contributed by atoms with Crippen LogP contribution in [0.5, 0.6) is 5.75 Å². The molecule has 1 aromatic carbocycles. The van der Waals surface area contributed by atoms with Crippen molar-refractivity contribution in [1.82, 2.24) is 4.90 Å². The molecule has 0 spiro atoms. The maximum atomic E-state index is 6.14. The van der Waals surface area contributed by atoms with Gasteiger partial charge in [-0.1, -0.05) is 18.2 Å². The monoisotopic (exact) mass is 291 g/mol. The predicted octanol–water partition coefficient (Wildman–Crippen LogP) is 2.25. The normalized spacial score (nSPS) is 24.9. The Hall–Kier alpha value is -1.10. The molecule has 2 fully saturated rings. The van der Waals surface area contributed by atoms with E-state index >= 15 is 0 Å². The van der Waals surface area contributed by atoms with Crippen LogP contribution >= 0.6 is 0 Å². The number of hydrogen-bond donors (Lipinski definition) is 0. The first-order valence-corrected chi connectivity index (χ1v) is 7.95. The molecule has 2 saturated heterocycles. The molecule has 0 aromatic heterocycles. The van der Waals surface area contributed by atoms with Crippen LogP contribution in [0, 0.1) is 6.92 Å².